The van der Waals surface area contributed by atoms with Crippen LogP contribution in [0, 0.1) is 6.92 Å². The highest BCUT2D eigenvalue weighted by molar-refractivity contribution is 5.58. The Morgan fingerprint density at radius 1 is 1.29 bits per heavy atom. The summed E-state index contributed by atoms with van der Waals surface area (Å²) in [6, 6.07) is 1.97. The van der Waals surface area contributed by atoms with E-state index < -0.39 is 0 Å². The normalized spacial score (nSPS) is 10.1. The zero-order valence-corrected chi connectivity index (χ0v) is 12.1. The number of rotatable bonds is 3. The van der Waals surface area contributed by atoms with Crippen molar-refractivity contribution in [2.75, 3.05) is 0 Å². The Labute approximate surface area is 106 Å². The van der Waals surface area contributed by atoms with Gasteiger partial charge in [-0.1, -0.05) is 46.4 Å². The van der Waals surface area contributed by atoms with Gasteiger partial charge < -0.3 is 0 Å². The van der Waals surface area contributed by atoms with Crippen LogP contribution in [-0.4, -0.2) is 9.78 Å². The van der Waals surface area contributed by atoms with Crippen LogP contribution in [0.5, 0.6) is 0 Å². The van der Waals surface area contributed by atoms with Gasteiger partial charge in [0, 0.05) is 11.9 Å². The number of allylic oxidation sites excluding steroid dienone is 5. The summed E-state index contributed by atoms with van der Waals surface area (Å²) in [6.07, 6.45) is 9.46. The van der Waals surface area contributed by atoms with Crippen LogP contribution in [0.3, 0.4) is 0 Å². The number of hydrogen-bond donors (Lipinski definition) is 0. The molecule has 0 bridgehead atoms. The monoisotopic (exact) mass is 234 g/mol. The maximum Gasteiger partial charge on any atom is 0.0645 e. The van der Waals surface area contributed by atoms with Crippen molar-refractivity contribution < 1.29 is 0 Å². The molecule has 1 rings (SSSR count). The van der Waals surface area contributed by atoms with Gasteiger partial charge in [-0.3, -0.25) is 0 Å². The summed E-state index contributed by atoms with van der Waals surface area (Å²) in [4.78, 5) is 0. The zero-order valence-electron chi connectivity index (χ0n) is 12.1. The fourth-order valence-corrected chi connectivity index (χ4v) is 1.13. The Kier molecular flexibility index (Phi) is 13.1. The second-order valence-corrected chi connectivity index (χ2v) is 2.71. The summed E-state index contributed by atoms with van der Waals surface area (Å²) in [7, 11) is 0. The second-order valence-electron chi connectivity index (χ2n) is 2.71. The topological polar surface area (TPSA) is 17.8 Å². The third-order valence-corrected chi connectivity index (χ3v) is 1.70. The van der Waals surface area contributed by atoms with Gasteiger partial charge in [-0.05, 0) is 32.1 Å². The molecule has 0 saturated heterocycles. The minimum absolute atomic E-state index is 1.03. The van der Waals surface area contributed by atoms with Crippen molar-refractivity contribution in [2.24, 2.45) is 0 Å². The Bertz CT molecular complexity index is 344. The molecule has 0 fully saturated rings. The Morgan fingerprint density at radius 2 is 1.88 bits per heavy atom. The number of nitrogens with zero attached hydrogens (tertiary/aromatic N) is 2. The first kappa shape index (κ1) is 17.8. The molecule has 96 valence electrons. The van der Waals surface area contributed by atoms with Crippen molar-refractivity contribution in [2.45, 2.75) is 41.5 Å². The average Bonchev–Trinajstić information content (AvgIpc) is 2.80. The van der Waals surface area contributed by atoms with Gasteiger partial charge in [0.25, 0.3) is 0 Å². The van der Waals surface area contributed by atoms with Crippen LogP contribution in [0.2, 0.25) is 0 Å². The molecular formula is C15H26N2. The molecule has 1 aromatic heterocycles. The molecule has 0 spiro atoms. The van der Waals surface area contributed by atoms with Crippen LogP contribution in [0.1, 0.15) is 40.3 Å². The lowest BCUT2D eigenvalue weighted by Crippen LogP contribution is -1.98. The first-order valence-corrected chi connectivity index (χ1v) is 6.26. The molecule has 0 aliphatic heterocycles. The third-order valence-electron chi connectivity index (χ3n) is 1.70. The predicted molar refractivity (Wildman–Crippen MR) is 78.9 cm³/mol. The molecular weight excluding hydrogens is 208 g/mol. The molecule has 0 aliphatic carbocycles. The van der Waals surface area contributed by atoms with E-state index in [0.29, 0.717) is 0 Å². The smallest absolute Gasteiger partial charge is 0.0645 e. The van der Waals surface area contributed by atoms with E-state index >= 15 is 0 Å². The Hall–Kier alpha value is -1.57. The first-order valence-electron chi connectivity index (χ1n) is 6.26. The van der Waals surface area contributed by atoms with Gasteiger partial charge in [0.1, 0.15) is 0 Å². The first-order chi connectivity index (χ1) is 8.29. The fourth-order valence-electron chi connectivity index (χ4n) is 1.13. The number of aromatic nitrogens is 2. The lowest BCUT2D eigenvalue weighted by atomic mass is 10.3. The number of hydrogen-bond acceptors (Lipinski definition) is 1. The molecule has 0 aromatic carbocycles. The lowest BCUT2D eigenvalue weighted by Gasteiger charge is -2.03. The van der Waals surface area contributed by atoms with Crippen LogP contribution in [0.15, 0.2) is 43.1 Å². The zero-order chi connectivity index (χ0) is 13.7. The van der Waals surface area contributed by atoms with Crippen molar-refractivity contribution >= 4 is 5.70 Å². The van der Waals surface area contributed by atoms with Crippen molar-refractivity contribution in [3.05, 3.63) is 48.8 Å². The molecule has 1 heterocycles. The standard InChI is InChI=1S/C11H14N2.2C2H6/c1-4-6-11(7-5-2)13-10(3)8-9-12-13;2*1-2/h4-9H,1H2,2-3H3;2*1-2H3/b7-5-,11-6+;;. The van der Waals surface area contributed by atoms with E-state index in [1.165, 1.54) is 0 Å². The van der Waals surface area contributed by atoms with E-state index in [4.69, 9.17) is 0 Å². The van der Waals surface area contributed by atoms with Gasteiger partial charge in [-0.2, -0.15) is 5.10 Å². The summed E-state index contributed by atoms with van der Waals surface area (Å²) in [5.74, 6) is 0. The lowest BCUT2D eigenvalue weighted by molar-refractivity contribution is 0.874. The molecule has 0 atom stereocenters. The minimum atomic E-state index is 1.03. The fraction of sp³-hybridized carbons (Fsp3) is 0.400. The average molecular weight is 234 g/mol. The van der Waals surface area contributed by atoms with E-state index in [0.717, 1.165) is 11.4 Å². The van der Waals surface area contributed by atoms with Crippen LogP contribution < -0.4 is 0 Å². The summed E-state index contributed by atoms with van der Waals surface area (Å²) in [6.45, 7) is 15.7. The molecule has 0 saturated carbocycles. The van der Waals surface area contributed by atoms with Crippen LogP contribution in [-0.2, 0) is 0 Å². The van der Waals surface area contributed by atoms with Crippen LogP contribution in [0.4, 0.5) is 0 Å². The molecule has 0 unspecified atom stereocenters. The maximum absolute atomic E-state index is 4.20. The van der Waals surface area contributed by atoms with Crippen LogP contribution >= 0.6 is 0 Å². The highest BCUT2D eigenvalue weighted by atomic mass is 15.3. The molecule has 1 aromatic rings. The Balaban J connectivity index is 0. The molecule has 0 N–H and O–H groups in total. The molecule has 2 nitrogen and oxygen atoms in total. The van der Waals surface area contributed by atoms with E-state index in [9.17, 15) is 0 Å². The molecule has 0 aliphatic rings. The maximum atomic E-state index is 4.20. The quantitative estimate of drug-likeness (QED) is 0.684. The van der Waals surface area contributed by atoms with Gasteiger partial charge in [-0.15, -0.1) is 0 Å². The van der Waals surface area contributed by atoms with E-state index in [2.05, 4.69) is 11.7 Å². The summed E-state index contributed by atoms with van der Waals surface area (Å²) >= 11 is 0. The molecule has 0 radical (unpaired) electrons. The highest BCUT2D eigenvalue weighted by Gasteiger charge is 1.98. The highest BCUT2D eigenvalue weighted by Crippen LogP contribution is 2.08. The third kappa shape index (κ3) is 6.56. The summed E-state index contributed by atoms with van der Waals surface area (Å²) in [5, 5.41) is 4.20. The van der Waals surface area contributed by atoms with E-state index in [1.807, 2.05) is 70.5 Å². The molecule has 0 amide bonds. The second kappa shape index (κ2) is 12.5. The minimum Gasteiger partial charge on any atom is -0.238 e. The van der Waals surface area contributed by atoms with Crippen molar-refractivity contribution in [3.63, 3.8) is 0 Å². The van der Waals surface area contributed by atoms with E-state index in [-0.39, 0.29) is 0 Å². The predicted octanol–water partition coefficient (Wildman–Crippen LogP) is 4.85. The molecule has 17 heavy (non-hydrogen) atoms. The van der Waals surface area contributed by atoms with Gasteiger partial charge in [0.15, 0.2) is 0 Å². The van der Waals surface area contributed by atoms with E-state index in [1.54, 1.807) is 12.3 Å². The number of aryl methyl sites for hydroxylation is 1. The van der Waals surface area contributed by atoms with Crippen molar-refractivity contribution in [1.82, 2.24) is 9.78 Å². The SMILES string of the molecule is C=C/C=C(\C=C/C)n1nccc1C.CC.CC. The Morgan fingerprint density at radius 3 is 2.24 bits per heavy atom. The van der Waals surface area contributed by atoms with Gasteiger partial charge in [0.2, 0.25) is 0 Å². The van der Waals surface area contributed by atoms with Crippen molar-refractivity contribution in [3.8, 4) is 0 Å². The van der Waals surface area contributed by atoms with Crippen LogP contribution in [0.25, 0.3) is 5.70 Å². The summed E-state index contributed by atoms with van der Waals surface area (Å²) in [5.41, 5.74) is 2.14. The largest absolute Gasteiger partial charge is 0.238 e. The molecule has 2 heteroatoms. The van der Waals surface area contributed by atoms with Gasteiger partial charge in [0.05, 0.1) is 5.70 Å². The van der Waals surface area contributed by atoms with Gasteiger partial charge in [-0.25, -0.2) is 4.68 Å². The van der Waals surface area contributed by atoms with Crippen molar-refractivity contribution in [1.29, 1.82) is 0 Å². The van der Waals surface area contributed by atoms with Gasteiger partial charge >= 0.3 is 0 Å². The summed E-state index contributed by atoms with van der Waals surface area (Å²) < 4.78 is 1.88.